The van der Waals surface area contributed by atoms with E-state index < -0.39 is 8.56 Å². The molecule has 2 atom stereocenters. The van der Waals surface area contributed by atoms with Gasteiger partial charge in [0.2, 0.25) is 0 Å². The summed E-state index contributed by atoms with van der Waals surface area (Å²) >= 11 is 0. The summed E-state index contributed by atoms with van der Waals surface area (Å²) < 4.78 is 11.9. The third kappa shape index (κ3) is 8.89. The van der Waals surface area contributed by atoms with Crippen molar-refractivity contribution in [3.05, 3.63) is 12.3 Å². The molecule has 3 heteroatoms. The molecule has 0 aromatic carbocycles. The summed E-state index contributed by atoms with van der Waals surface area (Å²) in [6.45, 7) is 18.7. The van der Waals surface area contributed by atoms with Crippen LogP contribution in [0.5, 0.6) is 0 Å². The van der Waals surface area contributed by atoms with Gasteiger partial charge in [-0.25, -0.2) is 0 Å². The highest BCUT2D eigenvalue weighted by Crippen LogP contribution is 2.25. The molecule has 0 aliphatic rings. The second kappa shape index (κ2) is 8.13. The van der Waals surface area contributed by atoms with Crippen molar-refractivity contribution in [3.8, 4) is 0 Å². The van der Waals surface area contributed by atoms with E-state index in [0.717, 1.165) is 26.1 Å². The van der Waals surface area contributed by atoms with Crippen LogP contribution in [0.3, 0.4) is 0 Å². The van der Waals surface area contributed by atoms with Gasteiger partial charge in [-0.2, -0.15) is 0 Å². The fraction of sp³-hybridized carbons (Fsp3) is 0.867. The summed E-state index contributed by atoms with van der Waals surface area (Å²) in [4.78, 5) is 0. The molecule has 0 amide bonds. The van der Waals surface area contributed by atoms with Crippen LogP contribution in [0.15, 0.2) is 12.3 Å². The van der Waals surface area contributed by atoms with Gasteiger partial charge in [0.25, 0.3) is 0 Å². The van der Waals surface area contributed by atoms with Crippen LogP contribution in [-0.2, 0) is 8.85 Å². The van der Waals surface area contributed by atoms with Crippen LogP contribution in [0.25, 0.3) is 0 Å². The van der Waals surface area contributed by atoms with Crippen molar-refractivity contribution in [2.45, 2.75) is 60.4 Å². The molecule has 0 saturated carbocycles. The highest BCUT2D eigenvalue weighted by Gasteiger charge is 2.28. The average molecular weight is 273 g/mol. The molecule has 0 fully saturated rings. The predicted molar refractivity (Wildman–Crippen MR) is 81.9 cm³/mol. The van der Waals surface area contributed by atoms with Crippen LogP contribution < -0.4 is 0 Å². The molecule has 0 rings (SSSR count). The van der Waals surface area contributed by atoms with Crippen LogP contribution in [0, 0.1) is 11.3 Å². The molecular weight excluding hydrogens is 240 g/mol. The first-order valence-corrected chi connectivity index (χ1v) is 9.53. The summed E-state index contributed by atoms with van der Waals surface area (Å²) in [5.74, 6) is 0.562. The molecule has 0 aliphatic carbocycles. The fourth-order valence-electron chi connectivity index (χ4n) is 1.99. The molecule has 0 heterocycles. The lowest BCUT2D eigenvalue weighted by atomic mass is 9.86. The Morgan fingerprint density at radius 1 is 1.28 bits per heavy atom. The lowest BCUT2D eigenvalue weighted by Gasteiger charge is -2.28. The van der Waals surface area contributed by atoms with Crippen molar-refractivity contribution in [1.82, 2.24) is 0 Å². The van der Waals surface area contributed by atoms with E-state index in [4.69, 9.17) is 8.85 Å². The Bertz CT molecular complexity index is 235. The molecule has 2 nitrogen and oxygen atoms in total. The van der Waals surface area contributed by atoms with Gasteiger partial charge in [-0.3, -0.25) is 0 Å². The van der Waals surface area contributed by atoms with Crippen LogP contribution in [-0.4, -0.2) is 21.8 Å². The van der Waals surface area contributed by atoms with E-state index in [9.17, 15) is 0 Å². The maximum atomic E-state index is 6.03. The summed E-state index contributed by atoms with van der Waals surface area (Å²) in [7, 11) is -2.13. The predicted octanol–water partition coefficient (Wildman–Crippen LogP) is 4.69. The lowest BCUT2D eigenvalue weighted by Crippen LogP contribution is -2.38. The van der Waals surface area contributed by atoms with Crippen molar-refractivity contribution >= 4 is 8.56 Å². The Morgan fingerprint density at radius 2 is 1.89 bits per heavy atom. The highest BCUT2D eigenvalue weighted by atomic mass is 28.4. The minimum Gasteiger partial charge on any atom is -0.391 e. The zero-order chi connectivity index (χ0) is 14.2. The first-order chi connectivity index (χ1) is 8.22. The lowest BCUT2D eigenvalue weighted by molar-refractivity contribution is 0.143. The molecule has 0 aromatic rings. The summed E-state index contributed by atoms with van der Waals surface area (Å²) in [6.07, 6.45) is 3.42. The molecule has 0 radical (unpaired) electrons. The first kappa shape index (κ1) is 17.9. The third-order valence-electron chi connectivity index (χ3n) is 2.87. The van der Waals surface area contributed by atoms with Gasteiger partial charge < -0.3 is 8.85 Å². The van der Waals surface area contributed by atoms with Crippen molar-refractivity contribution in [3.63, 3.8) is 0 Å². The van der Waals surface area contributed by atoms with E-state index in [1.807, 2.05) is 5.70 Å². The van der Waals surface area contributed by atoms with Gasteiger partial charge in [0, 0.05) is 13.2 Å². The number of hydrogen-bond acceptors (Lipinski definition) is 2. The number of rotatable bonds is 9. The van der Waals surface area contributed by atoms with E-state index in [-0.39, 0.29) is 0 Å². The van der Waals surface area contributed by atoms with Gasteiger partial charge in [-0.05, 0) is 36.4 Å². The molecule has 0 aromatic heterocycles. The highest BCUT2D eigenvalue weighted by molar-refractivity contribution is 6.71. The fourth-order valence-corrected chi connectivity index (χ4v) is 3.47. The topological polar surface area (TPSA) is 18.5 Å². The van der Waals surface area contributed by atoms with Crippen molar-refractivity contribution < 1.29 is 8.85 Å². The monoisotopic (exact) mass is 272 g/mol. The van der Waals surface area contributed by atoms with Crippen LogP contribution in [0.1, 0.15) is 53.9 Å². The Labute approximate surface area is 115 Å². The molecule has 18 heavy (non-hydrogen) atoms. The molecule has 0 N–H and O–H groups in total. The molecule has 0 aliphatic heterocycles. The molecule has 0 spiro atoms. The van der Waals surface area contributed by atoms with Gasteiger partial charge >= 0.3 is 8.56 Å². The standard InChI is InChI=1S/C15H32O2Si/c1-8-10-11-16-18(7,9-2)17-13-14(3)12-15(4,5)6/h9,14H,2,8,10-13H2,1,3-7H3. The smallest absolute Gasteiger partial charge is 0.361 e. The van der Waals surface area contributed by atoms with E-state index in [0.29, 0.717) is 11.3 Å². The SMILES string of the molecule is C=C[Si](C)(OCCCC)OCC(C)CC(C)(C)C. The second-order valence-corrected chi connectivity index (χ2v) is 9.62. The number of hydrogen-bond donors (Lipinski definition) is 0. The largest absolute Gasteiger partial charge is 0.391 e. The Kier molecular flexibility index (Phi) is 8.07. The summed E-state index contributed by atoms with van der Waals surface area (Å²) in [5, 5.41) is 0. The summed E-state index contributed by atoms with van der Waals surface area (Å²) in [6, 6.07) is 0. The van der Waals surface area contributed by atoms with E-state index >= 15 is 0 Å². The summed E-state index contributed by atoms with van der Waals surface area (Å²) in [5.41, 5.74) is 2.25. The van der Waals surface area contributed by atoms with Gasteiger partial charge in [0.05, 0.1) is 0 Å². The Balaban J connectivity index is 4.08. The van der Waals surface area contributed by atoms with Gasteiger partial charge in [0.1, 0.15) is 0 Å². The van der Waals surface area contributed by atoms with Crippen molar-refractivity contribution in [2.75, 3.05) is 13.2 Å². The Morgan fingerprint density at radius 3 is 2.33 bits per heavy atom. The molecule has 0 bridgehead atoms. The van der Waals surface area contributed by atoms with Gasteiger partial charge in [0.15, 0.2) is 0 Å². The zero-order valence-corrected chi connectivity index (χ0v) is 14.2. The van der Waals surface area contributed by atoms with Crippen LogP contribution in [0.4, 0.5) is 0 Å². The Hall–Kier alpha value is -0.123. The second-order valence-electron chi connectivity index (χ2n) is 6.60. The number of unbranched alkanes of at least 4 members (excludes halogenated alkanes) is 1. The van der Waals surface area contributed by atoms with Crippen molar-refractivity contribution in [2.24, 2.45) is 11.3 Å². The maximum Gasteiger partial charge on any atom is 0.361 e. The average Bonchev–Trinajstić information content (AvgIpc) is 2.25. The quantitative estimate of drug-likeness (QED) is 0.448. The van der Waals surface area contributed by atoms with Crippen LogP contribution in [0.2, 0.25) is 6.55 Å². The minimum atomic E-state index is -2.13. The minimum absolute atomic E-state index is 0.359. The van der Waals surface area contributed by atoms with E-state index in [1.54, 1.807) is 0 Å². The van der Waals surface area contributed by atoms with Crippen LogP contribution >= 0.6 is 0 Å². The molecule has 2 unspecified atom stereocenters. The normalized spacial score (nSPS) is 17.2. The molecular formula is C15H32O2Si. The maximum absolute atomic E-state index is 6.03. The molecule has 0 saturated heterocycles. The van der Waals surface area contributed by atoms with E-state index in [1.165, 1.54) is 6.42 Å². The molecule has 108 valence electrons. The third-order valence-corrected chi connectivity index (χ3v) is 5.13. The zero-order valence-electron chi connectivity index (χ0n) is 13.2. The van der Waals surface area contributed by atoms with Crippen molar-refractivity contribution in [1.29, 1.82) is 0 Å². The van der Waals surface area contributed by atoms with Gasteiger partial charge in [-0.15, -0.1) is 6.58 Å². The first-order valence-electron chi connectivity index (χ1n) is 7.14. The van der Waals surface area contributed by atoms with E-state index in [2.05, 4.69) is 47.7 Å². The van der Waals surface area contributed by atoms with Gasteiger partial charge in [-0.1, -0.05) is 41.0 Å².